The second-order valence-corrected chi connectivity index (χ2v) is 6.38. The van der Waals surface area contributed by atoms with Gasteiger partial charge in [-0.3, -0.25) is 0 Å². The maximum absolute atomic E-state index is 11.7. The normalized spacial score (nSPS) is 11.3. The van der Waals surface area contributed by atoms with Crippen molar-refractivity contribution in [3.63, 3.8) is 0 Å². The van der Waals surface area contributed by atoms with Gasteiger partial charge < -0.3 is 14.4 Å². The number of carbonyl (C=O) groups is 1. The van der Waals surface area contributed by atoms with Crippen molar-refractivity contribution in [2.45, 2.75) is 32.8 Å². The average Bonchev–Trinajstić information content (AvgIpc) is 2.63. The largest absolute Gasteiger partial charge is 0.477 e. The molecule has 1 rings (SSSR count). The van der Waals surface area contributed by atoms with Crippen LogP contribution in [0.3, 0.4) is 0 Å². The van der Waals surface area contributed by atoms with Gasteiger partial charge in [-0.2, -0.15) is 5.10 Å². The molecule has 0 saturated carbocycles. The summed E-state index contributed by atoms with van der Waals surface area (Å²) in [7, 11) is 3.53. The number of hydrogen-bond donors (Lipinski definition) is 0. The second-order valence-electron chi connectivity index (χ2n) is 5.53. The van der Waals surface area contributed by atoms with E-state index in [2.05, 4.69) is 21.0 Å². The van der Waals surface area contributed by atoms with E-state index < -0.39 is 5.60 Å². The second kappa shape index (κ2) is 6.97. The third kappa shape index (κ3) is 5.40. The fourth-order valence-corrected chi connectivity index (χ4v) is 1.93. The topological polar surface area (TPSA) is 56.6 Å². The van der Waals surface area contributed by atoms with Crippen LogP contribution < -0.4 is 4.74 Å². The molecule has 0 aromatic carbocycles. The lowest BCUT2D eigenvalue weighted by atomic mass is 10.2. The van der Waals surface area contributed by atoms with E-state index in [1.807, 2.05) is 27.8 Å². The zero-order chi connectivity index (χ0) is 15.3. The molecule has 1 aromatic heterocycles. The molecule has 7 heteroatoms. The minimum atomic E-state index is -0.471. The number of hydrogen-bond acceptors (Lipinski definition) is 4. The van der Waals surface area contributed by atoms with Crippen molar-refractivity contribution >= 4 is 22.0 Å². The SMILES string of the molecule is CN(CCCOc1c(Br)cnn1C)C(=O)OC(C)(C)C. The summed E-state index contributed by atoms with van der Waals surface area (Å²) in [5.74, 6) is 0.685. The van der Waals surface area contributed by atoms with Crippen molar-refractivity contribution in [3.05, 3.63) is 10.7 Å². The van der Waals surface area contributed by atoms with Gasteiger partial charge in [0.05, 0.1) is 17.3 Å². The van der Waals surface area contributed by atoms with E-state index in [4.69, 9.17) is 9.47 Å². The zero-order valence-corrected chi connectivity index (χ0v) is 14.2. The molecule has 114 valence electrons. The number of aromatic nitrogens is 2. The first-order valence-electron chi connectivity index (χ1n) is 6.45. The van der Waals surface area contributed by atoms with Crippen LogP contribution >= 0.6 is 15.9 Å². The van der Waals surface area contributed by atoms with E-state index in [0.717, 1.165) is 4.47 Å². The molecule has 0 N–H and O–H groups in total. The first-order chi connectivity index (χ1) is 9.20. The summed E-state index contributed by atoms with van der Waals surface area (Å²) < 4.78 is 13.4. The quantitative estimate of drug-likeness (QED) is 0.768. The first kappa shape index (κ1) is 16.8. The minimum Gasteiger partial charge on any atom is -0.477 e. The first-order valence-corrected chi connectivity index (χ1v) is 7.24. The maximum Gasteiger partial charge on any atom is 0.410 e. The van der Waals surface area contributed by atoms with Crippen molar-refractivity contribution < 1.29 is 14.3 Å². The summed E-state index contributed by atoms with van der Waals surface area (Å²) in [6, 6.07) is 0. The van der Waals surface area contributed by atoms with Crippen LogP contribution in [0.15, 0.2) is 10.7 Å². The molecule has 1 heterocycles. The standard InChI is InChI=1S/C13H22BrN3O3/c1-13(2,3)20-12(18)16(4)7-6-8-19-11-10(14)9-15-17(11)5/h9H,6-8H2,1-5H3. The van der Waals surface area contributed by atoms with Crippen molar-refractivity contribution in [1.82, 2.24) is 14.7 Å². The number of rotatable bonds is 5. The van der Waals surface area contributed by atoms with E-state index >= 15 is 0 Å². The highest BCUT2D eigenvalue weighted by molar-refractivity contribution is 9.10. The molecule has 1 aromatic rings. The van der Waals surface area contributed by atoms with Crippen molar-refractivity contribution in [1.29, 1.82) is 0 Å². The fraction of sp³-hybridized carbons (Fsp3) is 0.692. The molecule has 1 amide bonds. The minimum absolute atomic E-state index is 0.320. The van der Waals surface area contributed by atoms with Gasteiger partial charge in [-0.05, 0) is 43.1 Å². The van der Waals surface area contributed by atoms with Crippen LogP contribution in [0.1, 0.15) is 27.2 Å². The Morgan fingerprint density at radius 2 is 2.15 bits per heavy atom. The molecular weight excluding hydrogens is 326 g/mol. The Kier molecular flexibility index (Phi) is 5.86. The molecule has 0 atom stereocenters. The maximum atomic E-state index is 11.7. The lowest BCUT2D eigenvalue weighted by Gasteiger charge is -2.24. The molecule has 0 bridgehead atoms. The lowest BCUT2D eigenvalue weighted by molar-refractivity contribution is 0.0291. The molecule has 0 aliphatic carbocycles. The molecule has 6 nitrogen and oxygen atoms in total. The van der Waals surface area contributed by atoms with Crippen LogP contribution in [-0.2, 0) is 11.8 Å². The summed E-state index contributed by atoms with van der Waals surface area (Å²) in [6.07, 6.45) is 2.08. The van der Waals surface area contributed by atoms with E-state index in [1.165, 1.54) is 0 Å². The highest BCUT2D eigenvalue weighted by Gasteiger charge is 2.19. The summed E-state index contributed by atoms with van der Waals surface area (Å²) in [6.45, 7) is 6.63. The summed E-state index contributed by atoms with van der Waals surface area (Å²) in [4.78, 5) is 13.3. The van der Waals surface area contributed by atoms with Crippen LogP contribution in [0.25, 0.3) is 0 Å². The predicted octanol–water partition coefficient (Wildman–Crippen LogP) is 2.82. The van der Waals surface area contributed by atoms with Crippen molar-refractivity contribution in [2.24, 2.45) is 7.05 Å². The Hall–Kier alpha value is -1.24. The van der Waals surface area contributed by atoms with Crippen LogP contribution in [0.4, 0.5) is 4.79 Å². The summed E-state index contributed by atoms with van der Waals surface area (Å²) in [5, 5.41) is 4.06. The number of carbonyl (C=O) groups excluding carboxylic acids is 1. The Morgan fingerprint density at radius 1 is 1.50 bits per heavy atom. The van der Waals surface area contributed by atoms with Crippen molar-refractivity contribution in [3.8, 4) is 5.88 Å². The number of nitrogens with zero attached hydrogens (tertiary/aromatic N) is 3. The number of amides is 1. The smallest absolute Gasteiger partial charge is 0.410 e. The Morgan fingerprint density at radius 3 is 2.65 bits per heavy atom. The highest BCUT2D eigenvalue weighted by Crippen LogP contribution is 2.23. The fourth-order valence-electron chi connectivity index (χ4n) is 1.46. The van der Waals surface area contributed by atoms with E-state index in [-0.39, 0.29) is 6.09 Å². The van der Waals surface area contributed by atoms with Gasteiger partial charge in [0.15, 0.2) is 0 Å². The number of ether oxygens (including phenoxy) is 2. The van der Waals surface area contributed by atoms with Gasteiger partial charge in [0.2, 0.25) is 5.88 Å². The summed E-state index contributed by atoms with van der Waals surface area (Å²) >= 11 is 3.36. The molecule has 20 heavy (non-hydrogen) atoms. The molecular formula is C13H22BrN3O3. The number of halogens is 1. The highest BCUT2D eigenvalue weighted by atomic mass is 79.9. The Labute approximate surface area is 128 Å². The molecule has 0 saturated heterocycles. The zero-order valence-electron chi connectivity index (χ0n) is 12.6. The molecule has 0 unspecified atom stereocenters. The summed E-state index contributed by atoms with van der Waals surface area (Å²) in [5.41, 5.74) is -0.471. The van der Waals surface area contributed by atoms with Gasteiger partial charge in [-0.25, -0.2) is 9.48 Å². The molecule has 0 fully saturated rings. The van der Waals surface area contributed by atoms with Crippen LogP contribution in [-0.4, -0.2) is 46.6 Å². The average molecular weight is 348 g/mol. The van der Waals surface area contributed by atoms with E-state index in [9.17, 15) is 4.79 Å². The van der Waals surface area contributed by atoms with Crippen molar-refractivity contribution in [2.75, 3.05) is 20.2 Å². The number of aryl methyl sites for hydroxylation is 1. The van der Waals surface area contributed by atoms with E-state index in [0.29, 0.717) is 25.5 Å². The van der Waals surface area contributed by atoms with Gasteiger partial charge >= 0.3 is 6.09 Å². The van der Waals surface area contributed by atoms with Gasteiger partial charge in [0.1, 0.15) is 5.60 Å². The van der Waals surface area contributed by atoms with Crippen LogP contribution in [0, 0.1) is 0 Å². The van der Waals surface area contributed by atoms with Crippen LogP contribution in [0.5, 0.6) is 5.88 Å². The van der Waals surface area contributed by atoms with Gasteiger partial charge in [-0.15, -0.1) is 0 Å². The molecule has 0 aliphatic rings. The van der Waals surface area contributed by atoms with Crippen LogP contribution in [0.2, 0.25) is 0 Å². The Bertz CT molecular complexity index is 435. The van der Waals surface area contributed by atoms with Gasteiger partial charge in [0.25, 0.3) is 0 Å². The molecule has 0 radical (unpaired) electrons. The molecule has 0 spiro atoms. The Balaban J connectivity index is 2.29. The van der Waals surface area contributed by atoms with Gasteiger partial charge in [0, 0.05) is 20.6 Å². The third-order valence-corrected chi connectivity index (χ3v) is 2.97. The van der Waals surface area contributed by atoms with E-state index in [1.54, 1.807) is 22.8 Å². The van der Waals surface area contributed by atoms with Gasteiger partial charge in [-0.1, -0.05) is 0 Å². The predicted molar refractivity (Wildman–Crippen MR) is 79.9 cm³/mol. The monoisotopic (exact) mass is 347 g/mol. The molecule has 0 aliphatic heterocycles. The third-order valence-electron chi connectivity index (χ3n) is 2.42. The lowest BCUT2D eigenvalue weighted by Crippen LogP contribution is -2.35.